The summed E-state index contributed by atoms with van der Waals surface area (Å²) in [5.74, 6) is 0. The first-order chi connectivity index (χ1) is 11.8. The molecule has 0 atom stereocenters. The normalized spacial score (nSPS) is 17.0. The Morgan fingerprint density at radius 3 is 2.40 bits per heavy atom. The molecule has 2 N–H and O–H groups in total. The van der Waals surface area contributed by atoms with Crippen LogP contribution in [-0.2, 0) is 10.0 Å². The number of piperazine rings is 1. The van der Waals surface area contributed by atoms with E-state index in [2.05, 4.69) is 5.32 Å². The van der Waals surface area contributed by atoms with Gasteiger partial charge in [0.1, 0.15) is 5.69 Å². The number of quaternary nitrogens is 1. The fraction of sp³-hybridized carbons (Fsp3) is 0.625. The number of nitrogens with zero attached hydrogens (tertiary/aromatic N) is 2. The smallest absolute Gasteiger partial charge is 0.293 e. The molecule has 9 heteroatoms. The molecule has 2 rings (SSSR count). The van der Waals surface area contributed by atoms with Gasteiger partial charge in [-0.3, -0.25) is 10.1 Å². The van der Waals surface area contributed by atoms with Crippen LogP contribution in [0.3, 0.4) is 0 Å². The summed E-state index contributed by atoms with van der Waals surface area (Å²) in [7, 11) is -1.69. The van der Waals surface area contributed by atoms with Crippen molar-refractivity contribution in [2.24, 2.45) is 0 Å². The van der Waals surface area contributed by atoms with E-state index in [1.54, 1.807) is 0 Å². The third-order valence-corrected chi connectivity index (χ3v) is 6.62. The van der Waals surface area contributed by atoms with Crippen LogP contribution in [-0.4, -0.2) is 56.9 Å². The van der Waals surface area contributed by atoms with Crippen molar-refractivity contribution in [1.82, 2.24) is 4.31 Å². The Morgan fingerprint density at radius 2 is 1.88 bits per heavy atom. The molecule has 140 valence electrons. The minimum Gasteiger partial charge on any atom is -0.377 e. The molecule has 8 nitrogen and oxygen atoms in total. The topological polar surface area (TPSA) is 97.0 Å². The maximum absolute atomic E-state index is 12.8. The Morgan fingerprint density at radius 1 is 1.28 bits per heavy atom. The van der Waals surface area contributed by atoms with E-state index in [4.69, 9.17) is 0 Å². The number of hydrogen-bond acceptors (Lipinski definition) is 5. The van der Waals surface area contributed by atoms with Gasteiger partial charge in [0.05, 0.1) is 43.0 Å². The highest BCUT2D eigenvalue weighted by Gasteiger charge is 2.31. The van der Waals surface area contributed by atoms with Crippen LogP contribution in [0.15, 0.2) is 23.1 Å². The molecule has 0 amide bonds. The van der Waals surface area contributed by atoms with Gasteiger partial charge in [0, 0.05) is 12.1 Å². The van der Waals surface area contributed by atoms with Crippen molar-refractivity contribution >= 4 is 21.4 Å². The third kappa shape index (κ3) is 4.47. The number of rotatable bonds is 7. The van der Waals surface area contributed by atoms with E-state index in [1.807, 2.05) is 20.9 Å². The average molecular weight is 371 g/mol. The van der Waals surface area contributed by atoms with Crippen molar-refractivity contribution in [2.45, 2.75) is 37.6 Å². The van der Waals surface area contributed by atoms with E-state index in [-0.39, 0.29) is 16.6 Å². The van der Waals surface area contributed by atoms with Gasteiger partial charge in [-0.2, -0.15) is 4.31 Å². The summed E-state index contributed by atoms with van der Waals surface area (Å²) in [4.78, 5) is 12.2. The van der Waals surface area contributed by atoms with Crippen molar-refractivity contribution in [3.63, 3.8) is 0 Å². The second-order valence-electron chi connectivity index (χ2n) is 6.46. The monoisotopic (exact) mass is 371 g/mol. The molecule has 1 aliphatic rings. The van der Waals surface area contributed by atoms with Gasteiger partial charge in [-0.05, 0) is 25.0 Å². The molecule has 0 unspecified atom stereocenters. The highest BCUT2D eigenvalue weighted by atomic mass is 32.2. The lowest BCUT2D eigenvalue weighted by Gasteiger charge is -2.29. The number of benzene rings is 1. The minimum absolute atomic E-state index is 0.0196. The van der Waals surface area contributed by atoms with Crippen LogP contribution in [0, 0.1) is 10.1 Å². The molecule has 0 spiro atoms. The molecule has 25 heavy (non-hydrogen) atoms. The summed E-state index contributed by atoms with van der Waals surface area (Å²) in [6, 6.07) is 4.25. The lowest BCUT2D eigenvalue weighted by Crippen LogP contribution is -3.12. The highest BCUT2D eigenvalue weighted by Crippen LogP contribution is 2.30. The Labute approximate surface area is 149 Å². The van der Waals surface area contributed by atoms with E-state index in [1.165, 1.54) is 27.4 Å². The number of anilines is 1. The van der Waals surface area contributed by atoms with Gasteiger partial charge in [0.2, 0.25) is 10.0 Å². The molecule has 0 bridgehead atoms. The number of sulfonamides is 1. The summed E-state index contributed by atoms with van der Waals surface area (Å²) >= 11 is 0. The van der Waals surface area contributed by atoms with Gasteiger partial charge >= 0.3 is 0 Å². The van der Waals surface area contributed by atoms with Gasteiger partial charge in [0.25, 0.3) is 5.69 Å². The number of nitro groups is 1. The van der Waals surface area contributed by atoms with E-state index in [0.29, 0.717) is 18.8 Å². The van der Waals surface area contributed by atoms with Crippen molar-refractivity contribution in [2.75, 3.05) is 38.5 Å². The van der Waals surface area contributed by atoms with E-state index in [0.717, 1.165) is 25.9 Å². The molecule has 1 aromatic carbocycles. The Bertz CT molecular complexity index is 711. The summed E-state index contributed by atoms with van der Waals surface area (Å²) in [5, 5.41) is 14.6. The van der Waals surface area contributed by atoms with Crippen LogP contribution in [0.4, 0.5) is 11.4 Å². The fourth-order valence-corrected chi connectivity index (χ4v) is 4.38. The standard InChI is InChI=1S/C16H26N4O4S/c1-4-13(5-2)17-15-7-6-14(12-16(15)20(21)22)25(23,24)19-10-8-18(3)9-11-19/h6-7,12-13,17H,4-5,8-11H2,1-3H3/p+1. The summed E-state index contributed by atoms with van der Waals surface area (Å²) < 4.78 is 27.0. The van der Waals surface area contributed by atoms with Gasteiger partial charge in [-0.25, -0.2) is 8.42 Å². The molecule has 1 heterocycles. The predicted octanol–water partition coefficient (Wildman–Crippen LogP) is 0.714. The molecule has 1 saturated heterocycles. The third-order valence-electron chi connectivity index (χ3n) is 4.72. The largest absolute Gasteiger partial charge is 0.377 e. The first kappa shape index (κ1) is 19.6. The lowest BCUT2D eigenvalue weighted by atomic mass is 10.1. The molecule has 0 aromatic heterocycles. The Kier molecular flexibility index (Phi) is 6.36. The van der Waals surface area contributed by atoms with Crippen molar-refractivity contribution in [1.29, 1.82) is 0 Å². The molecule has 1 aromatic rings. The first-order valence-corrected chi connectivity index (χ1v) is 10.1. The molecule has 1 fully saturated rings. The number of nitrogens with one attached hydrogen (secondary N) is 2. The van der Waals surface area contributed by atoms with Gasteiger partial charge < -0.3 is 10.2 Å². The second-order valence-corrected chi connectivity index (χ2v) is 8.39. The zero-order valence-electron chi connectivity index (χ0n) is 15.0. The van der Waals surface area contributed by atoms with Gasteiger partial charge in [0.15, 0.2) is 0 Å². The van der Waals surface area contributed by atoms with Crippen molar-refractivity contribution in [3.05, 3.63) is 28.3 Å². The van der Waals surface area contributed by atoms with Crippen molar-refractivity contribution in [3.8, 4) is 0 Å². The van der Waals surface area contributed by atoms with Crippen LogP contribution in [0.2, 0.25) is 0 Å². The molecule has 1 aliphatic heterocycles. The van der Waals surface area contributed by atoms with Gasteiger partial charge in [-0.1, -0.05) is 13.8 Å². The van der Waals surface area contributed by atoms with Crippen LogP contribution >= 0.6 is 0 Å². The first-order valence-electron chi connectivity index (χ1n) is 8.66. The summed E-state index contributed by atoms with van der Waals surface area (Å²) in [5.41, 5.74) is 0.160. The van der Waals surface area contributed by atoms with Crippen LogP contribution < -0.4 is 10.2 Å². The van der Waals surface area contributed by atoms with Gasteiger partial charge in [-0.15, -0.1) is 0 Å². The van der Waals surface area contributed by atoms with E-state index >= 15 is 0 Å². The van der Waals surface area contributed by atoms with E-state index < -0.39 is 14.9 Å². The number of hydrogen-bond donors (Lipinski definition) is 2. The zero-order valence-corrected chi connectivity index (χ0v) is 15.8. The lowest BCUT2D eigenvalue weighted by molar-refractivity contribution is -0.883. The van der Waals surface area contributed by atoms with E-state index in [9.17, 15) is 18.5 Å². The molecule has 0 radical (unpaired) electrons. The SMILES string of the molecule is CCC(CC)Nc1ccc(S(=O)(=O)N2CC[NH+](C)CC2)cc1[N+](=O)[O-]. The summed E-state index contributed by atoms with van der Waals surface area (Å²) in [6.07, 6.45) is 1.66. The second kappa shape index (κ2) is 8.11. The number of likely N-dealkylation sites (N-methyl/N-ethyl adjacent to an activating group) is 1. The van der Waals surface area contributed by atoms with Crippen LogP contribution in [0.25, 0.3) is 0 Å². The minimum atomic E-state index is -3.71. The van der Waals surface area contributed by atoms with Crippen LogP contribution in [0.5, 0.6) is 0 Å². The Hall–Kier alpha value is -1.71. The fourth-order valence-electron chi connectivity index (χ4n) is 2.92. The molecule has 0 aliphatic carbocycles. The maximum atomic E-state index is 12.8. The summed E-state index contributed by atoms with van der Waals surface area (Å²) in [6.45, 7) is 6.32. The molecular weight excluding hydrogens is 344 g/mol. The Balaban J connectivity index is 2.33. The maximum Gasteiger partial charge on any atom is 0.293 e. The van der Waals surface area contributed by atoms with Crippen molar-refractivity contribution < 1.29 is 18.2 Å². The zero-order chi connectivity index (χ0) is 18.6. The average Bonchev–Trinajstić information content (AvgIpc) is 2.59. The number of nitro benzene ring substituents is 1. The molecule has 0 saturated carbocycles. The predicted molar refractivity (Wildman–Crippen MR) is 96.5 cm³/mol. The quantitative estimate of drug-likeness (QED) is 0.544. The highest BCUT2D eigenvalue weighted by molar-refractivity contribution is 7.89. The van der Waals surface area contributed by atoms with Crippen LogP contribution in [0.1, 0.15) is 26.7 Å². The molecular formula is C16H27N4O4S+.